The van der Waals surface area contributed by atoms with Gasteiger partial charge in [-0.15, -0.1) is 0 Å². The normalized spacial score (nSPS) is 11.2. The van der Waals surface area contributed by atoms with Gasteiger partial charge in [0.05, 0.1) is 31.2 Å². The molecule has 3 aromatic carbocycles. The van der Waals surface area contributed by atoms with Crippen molar-refractivity contribution in [2.75, 3.05) is 17.2 Å². The summed E-state index contributed by atoms with van der Waals surface area (Å²) in [5, 5.41) is 2.90. The Morgan fingerprint density at radius 3 is 2.17 bits per heavy atom. The van der Waals surface area contributed by atoms with Gasteiger partial charge in [-0.2, -0.15) is 0 Å². The fraction of sp³-hybridized carbons (Fsp3) is 0.296. The average Bonchev–Trinajstić information content (AvgIpc) is 2.82. The highest BCUT2D eigenvalue weighted by Gasteiger charge is 2.21. The number of rotatable bonds is 11. The molecule has 0 radical (unpaired) electrons. The monoisotopic (exact) mass is 496 g/mol. The number of amides is 1. The number of nitrogens with zero attached hydrogens (tertiary/aromatic N) is 1. The molecule has 0 heterocycles. The molecule has 3 aromatic rings. The molecule has 0 spiro atoms. The maximum absolute atomic E-state index is 12.6. The predicted octanol–water partition coefficient (Wildman–Crippen LogP) is 4.77. The molecule has 0 aliphatic carbocycles. The molecule has 0 saturated carbocycles. The highest BCUT2D eigenvalue weighted by Crippen LogP contribution is 2.31. The Kier molecular flexibility index (Phi) is 8.76. The Morgan fingerprint density at radius 2 is 1.57 bits per heavy atom. The molecule has 7 nitrogen and oxygen atoms in total. The van der Waals surface area contributed by atoms with Crippen molar-refractivity contribution >= 4 is 21.6 Å². The van der Waals surface area contributed by atoms with Crippen LogP contribution in [0.5, 0.6) is 11.5 Å². The van der Waals surface area contributed by atoms with E-state index in [1.165, 1.54) is 10.6 Å². The summed E-state index contributed by atoms with van der Waals surface area (Å²) in [6.45, 7) is 6.72. The molecule has 0 bridgehead atoms. The van der Waals surface area contributed by atoms with Crippen LogP contribution in [-0.2, 0) is 23.1 Å². The highest BCUT2D eigenvalue weighted by molar-refractivity contribution is 7.92. The van der Waals surface area contributed by atoms with Gasteiger partial charge in [-0.25, -0.2) is 8.42 Å². The number of carbonyl (C=O) groups is 1. The van der Waals surface area contributed by atoms with E-state index in [9.17, 15) is 13.2 Å². The standard InChI is InChI=1S/C27H32N2O5S/c1-5-33-26-9-7-6-8-25(26)29(35(4,31)32)19-22-10-14-23(15-11-22)27(30)28-18-21-12-16-24(17-13-21)34-20(2)3/h6-17,20H,5,18-19H2,1-4H3,(H,28,30). The Labute approximate surface area is 207 Å². The summed E-state index contributed by atoms with van der Waals surface area (Å²) in [5.41, 5.74) is 2.68. The van der Waals surface area contributed by atoms with Gasteiger partial charge in [0.1, 0.15) is 11.5 Å². The average molecular weight is 497 g/mol. The fourth-order valence-corrected chi connectivity index (χ4v) is 4.38. The molecule has 0 unspecified atom stereocenters. The molecular formula is C27H32N2O5S. The zero-order valence-corrected chi connectivity index (χ0v) is 21.3. The van der Waals surface area contributed by atoms with Crippen molar-refractivity contribution < 1.29 is 22.7 Å². The number of hydrogen-bond donors (Lipinski definition) is 1. The zero-order valence-electron chi connectivity index (χ0n) is 20.5. The van der Waals surface area contributed by atoms with E-state index >= 15 is 0 Å². The number of para-hydroxylation sites is 2. The lowest BCUT2D eigenvalue weighted by Crippen LogP contribution is -2.29. The molecule has 0 aliphatic rings. The summed E-state index contributed by atoms with van der Waals surface area (Å²) in [7, 11) is -3.57. The number of anilines is 1. The van der Waals surface area contributed by atoms with E-state index in [1.54, 1.807) is 48.5 Å². The van der Waals surface area contributed by atoms with Crippen molar-refractivity contribution in [1.29, 1.82) is 0 Å². The first kappa shape index (κ1) is 26.1. The van der Waals surface area contributed by atoms with Gasteiger partial charge in [-0.1, -0.05) is 36.4 Å². The SMILES string of the molecule is CCOc1ccccc1N(Cc1ccc(C(=O)NCc2ccc(OC(C)C)cc2)cc1)S(C)(=O)=O. The first-order valence-corrected chi connectivity index (χ1v) is 13.3. The Morgan fingerprint density at radius 1 is 0.943 bits per heavy atom. The van der Waals surface area contributed by atoms with Crippen molar-refractivity contribution in [2.45, 2.75) is 40.0 Å². The van der Waals surface area contributed by atoms with Gasteiger partial charge in [0, 0.05) is 12.1 Å². The quantitative estimate of drug-likeness (QED) is 0.413. The topological polar surface area (TPSA) is 84.9 Å². The largest absolute Gasteiger partial charge is 0.492 e. The van der Waals surface area contributed by atoms with Crippen LogP contribution in [0, 0.1) is 0 Å². The van der Waals surface area contributed by atoms with Crippen molar-refractivity contribution in [3.05, 3.63) is 89.5 Å². The second-order valence-electron chi connectivity index (χ2n) is 8.36. The second-order valence-corrected chi connectivity index (χ2v) is 10.3. The van der Waals surface area contributed by atoms with E-state index < -0.39 is 10.0 Å². The van der Waals surface area contributed by atoms with Crippen LogP contribution in [0.25, 0.3) is 0 Å². The summed E-state index contributed by atoms with van der Waals surface area (Å²) in [6, 6.07) is 21.5. The molecular weight excluding hydrogens is 464 g/mol. The maximum atomic E-state index is 12.6. The number of ether oxygens (including phenoxy) is 2. The number of nitrogens with one attached hydrogen (secondary N) is 1. The van der Waals surface area contributed by atoms with Gasteiger partial charge < -0.3 is 14.8 Å². The first-order chi connectivity index (χ1) is 16.7. The first-order valence-electron chi connectivity index (χ1n) is 11.5. The number of carbonyl (C=O) groups excluding carboxylic acids is 1. The summed E-state index contributed by atoms with van der Waals surface area (Å²) < 4.78 is 37.7. The van der Waals surface area contributed by atoms with Crippen LogP contribution < -0.4 is 19.1 Å². The zero-order chi connectivity index (χ0) is 25.4. The van der Waals surface area contributed by atoms with Crippen molar-refractivity contribution in [1.82, 2.24) is 5.32 Å². The Balaban J connectivity index is 1.66. The smallest absolute Gasteiger partial charge is 0.251 e. The summed E-state index contributed by atoms with van der Waals surface area (Å²) in [6.07, 6.45) is 1.27. The molecule has 3 rings (SSSR count). The molecule has 186 valence electrons. The van der Waals surface area contributed by atoms with Gasteiger partial charge in [-0.05, 0) is 68.3 Å². The minimum Gasteiger partial charge on any atom is -0.492 e. The number of sulfonamides is 1. The second kappa shape index (κ2) is 11.8. The van der Waals surface area contributed by atoms with Crippen LogP contribution in [0.4, 0.5) is 5.69 Å². The molecule has 1 N–H and O–H groups in total. The molecule has 1 amide bonds. The number of benzene rings is 3. The lowest BCUT2D eigenvalue weighted by atomic mass is 10.1. The van der Waals surface area contributed by atoms with Crippen LogP contribution in [0.1, 0.15) is 42.3 Å². The van der Waals surface area contributed by atoms with Crippen LogP contribution in [0.15, 0.2) is 72.8 Å². The Hall–Kier alpha value is -3.52. The van der Waals surface area contributed by atoms with Crippen molar-refractivity contribution in [2.24, 2.45) is 0 Å². The van der Waals surface area contributed by atoms with Gasteiger partial charge in [0.25, 0.3) is 5.91 Å². The summed E-state index contributed by atoms with van der Waals surface area (Å²) >= 11 is 0. The minimum atomic E-state index is -3.57. The lowest BCUT2D eigenvalue weighted by molar-refractivity contribution is 0.0951. The summed E-state index contributed by atoms with van der Waals surface area (Å²) in [5.74, 6) is 1.08. The van der Waals surface area contributed by atoms with Crippen LogP contribution in [0.2, 0.25) is 0 Å². The van der Waals surface area contributed by atoms with E-state index in [-0.39, 0.29) is 18.6 Å². The molecule has 0 saturated heterocycles. The highest BCUT2D eigenvalue weighted by atomic mass is 32.2. The van der Waals surface area contributed by atoms with Crippen LogP contribution >= 0.6 is 0 Å². The maximum Gasteiger partial charge on any atom is 0.251 e. The van der Waals surface area contributed by atoms with E-state index in [2.05, 4.69) is 5.32 Å². The van der Waals surface area contributed by atoms with Crippen LogP contribution in [0.3, 0.4) is 0 Å². The number of hydrogen-bond acceptors (Lipinski definition) is 5. The van der Waals surface area contributed by atoms with E-state index in [0.717, 1.165) is 16.9 Å². The predicted molar refractivity (Wildman–Crippen MR) is 138 cm³/mol. The minimum absolute atomic E-state index is 0.104. The summed E-state index contributed by atoms with van der Waals surface area (Å²) in [4.78, 5) is 12.6. The van der Waals surface area contributed by atoms with Crippen LogP contribution in [-0.4, -0.2) is 33.3 Å². The Bertz CT molecular complexity index is 1220. The van der Waals surface area contributed by atoms with E-state index in [4.69, 9.17) is 9.47 Å². The third-order valence-corrected chi connectivity index (χ3v) is 6.25. The van der Waals surface area contributed by atoms with Crippen molar-refractivity contribution in [3.63, 3.8) is 0 Å². The molecule has 35 heavy (non-hydrogen) atoms. The van der Waals surface area contributed by atoms with Gasteiger partial charge in [-0.3, -0.25) is 9.10 Å². The molecule has 0 atom stereocenters. The third kappa shape index (κ3) is 7.48. The molecule has 0 aromatic heterocycles. The van der Waals surface area contributed by atoms with E-state index in [0.29, 0.717) is 30.2 Å². The molecule has 0 fully saturated rings. The van der Waals surface area contributed by atoms with Crippen molar-refractivity contribution in [3.8, 4) is 11.5 Å². The molecule has 0 aliphatic heterocycles. The third-order valence-electron chi connectivity index (χ3n) is 5.12. The van der Waals surface area contributed by atoms with Gasteiger partial charge in [0.15, 0.2) is 0 Å². The molecule has 8 heteroatoms. The fourth-order valence-electron chi connectivity index (χ4n) is 3.49. The van der Waals surface area contributed by atoms with Gasteiger partial charge >= 0.3 is 0 Å². The van der Waals surface area contributed by atoms with Gasteiger partial charge in [0.2, 0.25) is 10.0 Å². The van der Waals surface area contributed by atoms with E-state index in [1.807, 2.05) is 45.0 Å². The lowest BCUT2D eigenvalue weighted by Gasteiger charge is -2.24.